The van der Waals surface area contributed by atoms with Gasteiger partial charge in [0, 0.05) is 5.56 Å². The van der Waals surface area contributed by atoms with Crippen LogP contribution in [0.25, 0.3) is 11.1 Å². The highest BCUT2D eigenvalue weighted by atomic mass is 16.7. The fraction of sp³-hybridized carbons (Fsp3) is 0.269. The lowest BCUT2D eigenvalue weighted by molar-refractivity contribution is -0.290. The van der Waals surface area contributed by atoms with Gasteiger partial charge in [-0.2, -0.15) is 0 Å². The van der Waals surface area contributed by atoms with E-state index in [4.69, 9.17) is 14.2 Å². The number of carbonyl (C=O) groups excluding carboxylic acids is 1. The minimum atomic E-state index is -1.55. The van der Waals surface area contributed by atoms with Gasteiger partial charge in [-0.25, -0.2) is 4.79 Å². The third-order valence-electron chi connectivity index (χ3n) is 6.19. The molecule has 0 aromatic heterocycles. The number of hydrogen-bond acceptors (Lipinski definition) is 4. The second-order valence-electron chi connectivity index (χ2n) is 7.95. The van der Waals surface area contributed by atoms with Crippen LogP contribution < -0.4 is 0 Å². The highest BCUT2D eigenvalue weighted by Crippen LogP contribution is 2.52. The van der Waals surface area contributed by atoms with Crippen LogP contribution in [0.15, 0.2) is 72.8 Å². The van der Waals surface area contributed by atoms with Crippen molar-refractivity contribution < 1.29 is 19.0 Å². The maximum Gasteiger partial charge on any atom is 0.372 e. The molecule has 0 amide bonds. The minimum Gasteiger partial charge on any atom is -0.462 e. The van der Waals surface area contributed by atoms with Crippen molar-refractivity contribution >= 4 is 5.97 Å². The largest absolute Gasteiger partial charge is 0.462 e. The highest BCUT2D eigenvalue weighted by molar-refractivity contribution is 5.83. The summed E-state index contributed by atoms with van der Waals surface area (Å²) in [6.45, 7) is 4.71. The summed E-state index contributed by atoms with van der Waals surface area (Å²) in [5, 5.41) is 0. The molecule has 0 atom stereocenters. The maximum atomic E-state index is 13.0. The molecule has 0 radical (unpaired) electrons. The van der Waals surface area contributed by atoms with E-state index in [0.29, 0.717) is 18.8 Å². The van der Waals surface area contributed by atoms with Crippen molar-refractivity contribution in [2.24, 2.45) is 0 Å². The Hall–Kier alpha value is -2.95. The van der Waals surface area contributed by atoms with Gasteiger partial charge in [-0.05, 0) is 36.1 Å². The number of esters is 1. The predicted molar refractivity (Wildman–Crippen MR) is 114 cm³/mol. The Morgan fingerprint density at radius 1 is 0.867 bits per heavy atom. The molecule has 4 nitrogen and oxygen atoms in total. The molecule has 1 fully saturated rings. The summed E-state index contributed by atoms with van der Waals surface area (Å²) in [5.41, 5.74) is 6.04. The van der Waals surface area contributed by atoms with Crippen LogP contribution in [-0.4, -0.2) is 25.8 Å². The zero-order valence-electron chi connectivity index (χ0n) is 17.2. The summed E-state index contributed by atoms with van der Waals surface area (Å²) in [4.78, 5) is 13.0. The molecule has 0 unspecified atom stereocenters. The summed E-state index contributed by atoms with van der Waals surface area (Å²) in [6.07, 6.45) is 0. The summed E-state index contributed by atoms with van der Waals surface area (Å²) in [5.74, 6) is -2.06. The molecule has 1 heterocycles. The monoisotopic (exact) mass is 400 g/mol. The first-order chi connectivity index (χ1) is 14.6. The van der Waals surface area contributed by atoms with Crippen molar-refractivity contribution in [2.45, 2.75) is 25.0 Å². The standard InChI is InChI=1S/C26H24O4/c1-3-28-24(27)26(19-14-12-18(2)13-15-19)29-16-25(17-30-26)22-10-6-4-8-20(22)21-9-5-7-11-23(21)25/h4-15H,3,16-17H2,1-2H3. The van der Waals surface area contributed by atoms with Gasteiger partial charge in [-0.3, -0.25) is 0 Å². The molecule has 2 aliphatic rings. The van der Waals surface area contributed by atoms with Gasteiger partial charge in [0.25, 0.3) is 5.79 Å². The first kappa shape index (κ1) is 19.0. The van der Waals surface area contributed by atoms with Crippen molar-refractivity contribution in [1.29, 1.82) is 0 Å². The lowest BCUT2D eigenvalue weighted by Gasteiger charge is -2.44. The van der Waals surface area contributed by atoms with Crippen molar-refractivity contribution in [2.75, 3.05) is 19.8 Å². The van der Waals surface area contributed by atoms with Crippen molar-refractivity contribution in [3.05, 3.63) is 95.1 Å². The molecule has 1 aliphatic heterocycles. The maximum absolute atomic E-state index is 13.0. The summed E-state index contributed by atoms with van der Waals surface area (Å²) >= 11 is 0. The van der Waals surface area contributed by atoms with Crippen LogP contribution in [0.4, 0.5) is 0 Å². The van der Waals surface area contributed by atoms with E-state index in [9.17, 15) is 4.79 Å². The van der Waals surface area contributed by atoms with Crippen LogP contribution >= 0.6 is 0 Å². The van der Waals surface area contributed by atoms with Gasteiger partial charge in [0.05, 0.1) is 25.2 Å². The quantitative estimate of drug-likeness (QED) is 0.597. The molecule has 0 bridgehead atoms. The summed E-state index contributed by atoms with van der Waals surface area (Å²) in [7, 11) is 0. The van der Waals surface area contributed by atoms with Crippen molar-refractivity contribution in [3.8, 4) is 11.1 Å². The predicted octanol–water partition coefficient (Wildman–Crippen LogP) is 4.72. The Bertz CT molecular complexity index is 1040. The fourth-order valence-electron chi connectivity index (χ4n) is 4.66. The molecule has 5 rings (SSSR count). The number of rotatable bonds is 3. The Labute approximate surface area is 176 Å². The fourth-order valence-corrected chi connectivity index (χ4v) is 4.66. The molecule has 30 heavy (non-hydrogen) atoms. The van der Waals surface area contributed by atoms with Gasteiger partial charge in [0.15, 0.2) is 0 Å². The van der Waals surface area contributed by atoms with Gasteiger partial charge in [-0.1, -0.05) is 78.4 Å². The molecule has 1 saturated heterocycles. The second kappa shape index (κ2) is 7.08. The number of fused-ring (bicyclic) bond motifs is 5. The van der Waals surface area contributed by atoms with E-state index < -0.39 is 17.2 Å². The Morgan fingerprint density at radius 3 is 1.93 bits per heavy atom. The van der Waals surface area contributed by atoms with Crippen LogP contribution in [0.2, 0.25) is 0 Å². The molecule has 3 aromatic carbocycles. The summed E-state index contributed by atoms with van der Waals surface area (Å²) < 4.78 is 18.1. The van der Waals surface area contributed by atoms with E-state index >= 15 is 0 Å². The molecule has 0 N–H and O–H groups in total. The number of benzene rings is 3. The molecule has 3 aromatic rings. The first-order valence-corrected chi connectivity index (χ1v) is 10.3. The molecule has 1 aliphatic carbocycles. The third kappa shape index (κ3) is 2.64. The molecule has 152 valence electrons. The normalized spacial score (nSPS) is 17.9. The third-order valence-corrected chi connectivity index (χ3v) is 6.19. The smallest absolute Gasteiger partial charge is 0.372 e. The van der Waals surface area contributed by atoms with Crippen LogP contribution in [-0.2, 0) is 30.2 Å². The zero-order chi connectivity index (χ0) is 20.8. The molecule has 4 heteroatoms. The Kier molecular flexibility index (Phi) is 4.49. The van der Waals surface area contributed by atoms with E-state index in [2.05, 4.69) is 24.3 Å². The van der Waals surface area contributed by atoms with Gasteiger partial charge >= 0.3 is 5.97 Å². The van der Waals surface area contributed by atoms with Crippen LogP contribution in [0, 0.1) is 6.92 Å². The van der Waals surface area contributed by atoms with E-state index in [0.717, 1.165) is 5.56 Å². The van der Waals surface area contributed by atoms with Crippen molar-refractivity contribution in [3.63, 3.8) is 0 Å². The van der Waals surface area contributed by atoms with Crippen LogP contribution in [0.3, 0.4) is 0 Å². The van der Waals surface area contributed by atoms with E-state index in [-0.39, 0.29) is 6.61 Å². The van der Waals surface area contributed by atoms with Crippen LogP contribution in [0.5, 0.6) is 0 Å². The van der Waals surface area contributed by atoms with Gasteiger partial charge in [-0.15, -0.1) is 0 Å². The van der Waals surface area contributed by atoms with Crippen molar-refractivity contribution in [1.82, 2.24) is 0 Å². The molecular formula is C26H24O4. The van der Waals surface area contributed by atoms with E-state index in [1.807, 2.05) is 55.5 Å². The molecule has 1 spiro atoms. The highest BCUT2D eigenvalue weighted by Gasteiger charge is 2.55. The number of hydrogen-bond donors (Lipinski definition) is 0. The lowest BCUT2D eigenvalue weighted by Crippen LogP contribution is -2.54. The Balaban J connectivity index is 1.58. The lowest BCUT2D eigenvalue weighted by atomic mass is 9.78. The number of carbonyl (C=O) groups is 1. The molecular weight excluding hydrogens is 376 g/mol. The van der Waals surface area contributed by atoms with E-state index in [1.165, 1.54) is 22.3 Å². The number of aryl methyl sites for hydroxylation is 1. The molecule has 0 saturated carbocycles. The second-order valence-corrected chi connectivity index (χ2v) is 7.95. The minimum absolute atomic E-state index is 0.260. The van der Waals surface area contributed by atoms with Gasteiger partial charge < -0.3 is 14.2 Å². The topological polar surface area (TPSA) is 44.8 Å². The van der Waals surface area contributed by atoms with Gasteiger partial charge in [0.2, 0.25) is 0 Å². The number of ether oxygens (including phenoxy) is 3. The Morgan fingerprint density at radius 2 is 1.40 bits per heavy atom. The van der Waals surface area contributed by atoms with E-state index in [1.54, 1.807) is 6.92 Å². The average molecular weight is 400 g/mol. The zero-order valence-corrected chi connectivity index (χ0v) is 17.2. The average Bonchev–Trinajstić information content (AvgIpc) is 3.06. The first-order valence-electron chi connectivity index (χ1n) is 10.3. The van der Waals surface area contributed by atoms with Gasteiger partial charge in [0.1, 0.15) is 0 Å². The SMILES string of the molecule is CCOC(=O)C1(c2ccc(C)cc2)OCC2(CO1)c1ccccc1-c1ccccc12. The summed E-state index contributed by atoms with van der Waals surface area (Å²) in [6, 6.07) is 24.4. The van der Waals surface area contributed by atoms with Crippen LogP contribution in [0.1, 0.15) is 29.2 Å².